The van der Waals surface area contributed by atoms with E-state index in [4.69, 9.17) is 14.6 Å². The zero-order valence-electron chi connectivity index (χ0n) is 25.2. The number of benzene rings is 3. The Bertz CT molecular complexity index is 1460. The van der Waals surface area contributed by atoms with Crippen LogP contribution in [0.1, 0.15) is 47.9 Å². The highest BCUT2D eigenvalue weighted by atomic mass is 16.6. The first-order chi connectivity index (χ1) is 20.7. The molecule has 0 aliphatic carbocycles. The highest BCUT2D eigenvalue weighted by Gasteiger charge is 2.37. The number of hydrogen-bond acceptors (Lipinski definition) is 5. The quantitative estimate of drug-likeness (QED) is 0.175. The van der Waals surface area contributed by atoms with Gasteiger partial charge in [0.1, 0.15) is 6.61 Å². The number of carboxylic acids is 2. The molecule has 1 amide bonds. The first kappa shape index (κ1) is 33.3. The van der Waals surface area contributed by atoms with Crippen molar-refractivity contribution in [1.82, 2.24) is 4.90 Å². The van der Waals surface area contributed by atoms with Gasteiger partial charge in [0, 0.05) is 33.0 Å². The minimum absolute atomic E-state index is 0.142. The van der Waals surface area contributed by atoms with Crippen LogP contribution in [0, 0.1) is 25.7 Å². The molecule has 0 bridgehead atoms. The Kier molecular flexibility index (Phi) is 13.2. The molecule has 0 saturated heterocycles. The number of carboxylic acid groups (broad SMARTS) is 2. The molecule has 3 aromatic rings. The van der Waals surface area contributed by atoms with Gasteiger partial charge >= 0.3 is 11.9 Å². The molecule has 3 rings (SSSR count). The number of unbranched alkanes of at least 4 members (excludes halogenated alkanes) is 2. The molecule has 3 aromatic carbocycles. The van der Waals surface area contributed by atoms with E-state index < -0.39 is 36.7 Å². The predicted octanol–water partition coefficient (Wildman–Crippen LogP) is 5.20. The minimum atomic E-state index is -1.75. The molecule has 0 heterocycles. The van der Waals surface area contributed by atoms with E-state index in [1.165, 1.54) is 27.0 Å². The van der Waals surface area contributed by atoms with E-state index in [0.29, 0.717) is 19.3 Å². The highest BCUT2D eigenvalue weighted by molar-refractivity contribution is 5.88. The normalized spacial score (nSPS) is 12.3. The number of amides is 1. The van der Waals surface area contributed by atoms with Crippen molar-refractivity contribution >= 4 is 28.6 Å². The summed E-state index contributed by atoms with van der Waals surface area (Å²) in [5.74, 6) is 2.82. The average Bonchev–Trinajstić information content (AvgIpc) is 2.98. The van der Waals surface area contributed by atoms with Crippen LogP contribution in [-0.2, 0) is 36.7 Å². The number of carbonyl (C=O) groups is 3. The summed E-state index contributed by atoms with van der Waals surface area (Å²) in [6, 6.07) is 20.7. The minimum Gasteiger partial charge on any atom is -0.480 e. The summed E-state index contributed by atoms with van der Waals surface area (Å²) >= 11 is 0. The van der Waals surface area contributed by atoms with Crippen molar-refractivity contribution in [2.24, 2.45) is 0 Å². The lowest BCUT2D eigenvalue weighted by molar-refractivity contribution is -0.175. The van der Waals surface area contributed by atoms with Gasteiger partial charge < -0.3 is 24.6 Å². The highest BCUT2D eigenvalue weighted by Crippen LogP contribution is 2.16. The maximum atomic E-state index is 13.3. The van der Waals surface area contributed by atoms with Gasteiger partial charge in [0.15, 0.2) is 12.2 Å². The summed E-state index contributed by atoms with van der Waals surface area (Å²) < 4.78 is 10.8. The van der Waals surface area contributed by atoms with E-state index in [2.05, 4.69) is 68.2 Å². The number of nitrogens with zero attached hydrogens (tertiary/aromatic N) is 1. The monoisotopic (exact) mass is 587 g/mol. The fourth-order valence-corrected chi connectivity index (χ4v) is 4.67. The van der Waals surface area contributed by atoms with Crippen LogP contribution in [0.15, 0.2) is 60.7 Å². The van der Waals surface area contributed by atoms with Gasteiger partial charge in [-0.3, -0.25) is 4.79 Å². The molecule has 8 nitrogen and oxygen atoms in total. The number of fused-ring (bicyclic) bond motifs is 1. The van der Waals surface area contributed by atoms with Gasteiger partial charge in [0.05, 0.1) is 0 Å². The molecule has 0 aromatic heterocycles. The first-order valence-electron chi connectivity index (χ1n) is 14.6. The van der Waals surface area contributed by atoms with E-state index >= 15 is 0 Å². The summed E-state index contributed by atoms with van der Waals surface area (Å²) in [6.07, 6.45) is 0.992. The first-order valence-corrected chi connectivity index (χ1v) is 14.6. The van der Waals surface area contributed by atoms with E-state index in [-0.39, 0.29) is 13.2 Å². The second kappa shape index (κ2) is 17.1. The average molecular weight is 588 g/mol. The third kappa shape index (κ3) is 10.9. The molecule has 0 radical (unpaired) electrons. The van der Waals surface area contributed by atoms with E-state index in [1.54, 1.807) is 7.05 Å². The molecule has 228 valence electrons. The van der Waals surface area contributed by atoms with Crippen LogP contribution in [-0.4, -0.2) is 72.0 Å². The Hall–Kier alpha value is -4.19. The van der Waals surface area contributed by atoms with Crippen LogP contribution in [0.4, 0.5) is 0 Å². The van der Waals surface area contributed by atoms with Crippen molar-refractivity contribution in [3.05, 3.63) is 82.9 Å². The van der Waals surface area contributed by atoms with Crippen LogP contribution in [0.5, 0.6) is 0 Å². The Morgan fingerprint density at radius 2 is 1.56 bits per heavy atom. The molecule has 0 aliphatic heterocycles. The van der Waals surface area contributed by atoms with Crippen molar-refractivity contribution in [2.75, 3.05) is 26.8 Å². The largest absolute Gasteiger partial charge is 0.480 e. The fourth-order valence-electron chi connectivity index (χ4n) is 4.67. The van der Waals surface area contributed by atoms with Crippen molar-refractivity contribution in [3.8, 4) is 11.8 Å². The van der Waals surface area contributed by atoms with Gasteiger partial charge in [-0.05, 0) is 66.1 Å². The third-order valence-electron chi connectivity index (χ3n) is 7.31. The van der Waals surface area contributed by atoms with E-state index in [1.807, 2.05) is 18.2 Å². The molecular formula is C35H41NO7. The van der Waals surface area contributed by atoms with Gasteiger partial charge in [0.25, 0.3) is 5.91 Å². The molecule has 0 spiro atoms. The number of likely N-dealkylation sites (N-methyl/N-ethyl adjacent to an activating group) is 1. The Labute approximate surface area is 253 Å². The lowest BCUT2D eigenvalue weighted by atomic mass is 10.0. The summed E-state index contributed by atoms with van der Waals surface area (Å²) in [4.78, 5) is 37.6. The molecule has 43 heavy (non-hydrogen) atoms. The zero-order valence-corrected chi connectivity index (χ0v) is 25.2. The molecule has 2 N–H and O–H groups in total. The Morgan fingerprint density at radius 1 is 0.814 bits per heavy atom. The van der Waals surface area contributed by atoms with Crippen LogP contribution >= 0.6 is 0 Å². The van der Waals surface area contributed by atoms with Crippen LogP contribution in [0.3, 0.4) is 0 Å². The lowest BCUT2D eigenvalue weighted by Gasteiger charge is -2.27. The lowest BCUT2D eigenvalue weighted by Crippen LogP contribution is -2.50. The topological polar surface area (TPSA) is 113 Å². The second-order valence-electron chi connectivity index (χ2n) is 10.7. The maximum Gasteiger partial charge on any atom is 0.336 e. The number of ether oxygens (including phenoxy) is 2. The third-order valence-corrected chi connectivity index (χ3v) is 7.31. The summed E-state index contributed by atoms with van der Waals surface area (Å²) in [7, 11) is 1.55. The molecule has 0 saturated carbocycles. The number of hydrogen-bond donors (Lipinski definition) is 2. The molecular weight excluding hydrogens is 546 g/mol. The van der Waals surface area contributed by atoms with Crippen molar-refractivity contribution in [3.63, 3.8) is 0 Å². The second-order valence-corrected chi connectivity index (χ2v) is 10.7. The van der Waals surface area contributed by atoms with Crippen LogP contribution in [0.2, 0.25) is 0 Å². The SMILES string of the molecule is Cc1ccc(CCCCCOC(C(=O)N(C)CCC#CCc2ccc3ccccc3c2)C(OCC(=O)O)C(=O)O)cc1C. The number of rotatable bonds is 16. The Balaban J connectivity index is 1.53. The number of aliphatic carboxylic acids is 2. The summed E-state index contributed by atoms with van der Waals surface area (Å²) in [6.45, 7) is 3.71. The van der Waals surface area contributed by atoms with Crippen LogP contribution < -0.4 is 0 Å². The van der Waals surface area contributed by atoms with Crippen molar-refractivity contribution < 1.29 is 34.1 Å². The zero-order chi connectivity index (χ0) is 31.2. The van der Waals surface area contributed by atoms with Crippen molar-refractivity contribution in [1.29, 1.82) is 0 Å². The molecule has 0 aliphatic rings. The summed E-state index contributed by atoms with van der Waals surface area (Å²) in [5, 5.41) is 21.0. The maximum absolute atomic E-state index is 13.3. The van der Waals surface area contributed by atoms with Crippen molar-refractivity contribution in [2.45, 2.75) is 64.6 Å². The number of aryl methyl sites for hydroxylation is 3. The molecule has 8 heteroatoms. The smallest absolute Gasteiger partial charge is 0.336 e. The van der Waals surface area contributed by atoms with E-state index in [0.717, 1.165) is 30.2 Å². The Morgan fingerprint density at radius 3 is 2.28 bits per heavy atom. The van der Waals surface area contributed by atoms with Gasteiger partial charge in [-0.15, -0.1) is 5.92 Å². The fraction of sp³-hybridized carbons (Fsp3) is 0.400. The van der Waals surface area contributed by atoms with Crippen LogP contribution in [0.25, 0.3) is 10.8 Å². The standard InChI is InChI=1S/C35H41NO7/c1-25-16-17-27(22-26(25)2)12-7-5-11-21-42-32(33(35(40)41)43-24-31(37)38)34(39)36(3)20-10-4-6-13-28-18-19-29-14-8-9-15-30(29)23-28/h8-9,14-19,22-23,32-33H,5,7,10-13,20-21,24H2,1-3H3,(H,37,38)(H,40,41). The molecule has 2 atom stereocenters. The number of carbonyl (C=O) groups excluding carboxylic acids is 1. The molecule has 2 unspecified atom stereocenters. The van der Waals surface area contributed by atoms with Gasteiger partial charge in [0.2, 0.25) is 0 Å². The van der Waals surface area contributed by atoms with Gasteiger partial charge in [-0.2, -0.15) is 0 Å². The van der Waals surface area contributed by atoms with Gasteiger partial charge in [-0.25, -0.2) is 9.59 Å². The van der Waals surface area contributed by atoms with Gasteiger partial charge in [-0.1, -0.05) is 73.0 Å². The summed E-state index contributed by atoms with van der Waals surface area (Å²) in [5.41, 5.74) is 4.86. The molecule has 0 fully saturated rings. The predicted molar refractivity (Wildman–Crippen MR) is 166 cm³/mol. The van der Waals surface area contributed by atoms with E-state index in [9.17, 15) is 19.5 Å².